The van der Waals surface area contributed by atoms with Gasteiger partial charge in [0.1, 0.15) is 0 Å². The summed E-state index contributed by atoms with van der Waals surface area (Å²) in [5, 5.41) is 5.70. The van der Waals surface area contributed by atoms with Gasteiger partial charge in [0.25, 0.3) is 0 Å². The summed E-state index contributed by atoms with van der Waals surface area (Å²) in [6, 6.07) is 7.31. The minimum atomic E-state index is -0.173. The summed E-state index contributed by atoms with van der Waals surface area (Å²) in [6.07, 6.45) is 4.40. The van der Waals surface area contributed by atoms with Crippen molar-refractivity contribution in [2.45, 2.75) is 12.8 Å². The van der Waals surface area contributed by atoms with Crippen molar-refractivity contribution in [2.24, 2.45) is 0 Å². The zero-order valence-electron chi connectivity index (χ0n) is 14.3. The quantitative estimate of drug-likeness (QED) is 0.709. The Morgan fingerprint density at radius 2 is 2.19 bits per heavy atom. The smallest absolute Gasteiger partial charge is 0.230 e. The second kappa shape index (κ2) is 7.94. The van der Waals surface area contributed by atoms with Crippen molar-refractivity contribution in [1.29, 1.82) is 0 Å². The largest absolute Gasteiger partial charge is 0.489 e. The lowest BCUT2D eigenvalue weighted by Gasteiger charge is -2.11. The Morgan fingerprint density at radius 1 is 1.30 bits per heavy atom. The van der Waals surface area contributed by atoms with Gasteiger partial charge in [-0.1, -0.05) is 11.6 Å². The Hall–Kier alpha value is -2.64. The molecule has 6 nitrogen and oxygen atoms in total. The van der Waals surface area contributed by atoms with Crippen molar-refractivity contribution in [3.8, 4) is 22.8 Å². The van der Waals surface area contributed by atoms with Crippen molar-refractivity contribution in [3.63, 3.8) is 0 Å². The third-order valence-electron chi connectivity index (χ3n) is 3.93. The number of aromatic nitrogens is 2. The first-order valence-electron chi connectivity index (χ1n) is 8.43. The number of hydrogen-bond acceptors (Lipinski definition) is 6. The number of fused-ring (bicyclic) bond motifs is 1. The summed E-state index contributed by atoms with van der Waals surface area (Å²) >= 11 is 7.65. The number of nitrogens with one attached hydrogen (secondary N) is 1. The molecule has 0 atom stereocenters. The highest BCUT2D eigenvalue weighted by Gasteiger charge is 2.17. The van der Waals surface area contributed by atoms with Gasteiger partial charge in [-0.2, -0.15) is 0 Å². The van der Waals surface area contributed by atoms with Gasteiger partial charge in [-0.3, -0.25) is 9.78 Å². The van der Waals surface area contributed by atoms with Crippen LogP contribution in [0.25, 0.3) is 11.3 Å². The molecule has 0 radical (unpaired) electrons. The second-order valence-electron chi connectivity index (χ2n) is 5.96. The van der Waals surface area contributed by atoms with E-state index in [0.717, 1.165) is 23.2 Å². The summed E-state index contributed by atoms with van der Waals surface area (Å²) < 4.78 is 11.3. The fourth-order valence-corrected chi connectivity index (χ4v) is 3.74. The Kier molecular flexibility index (Phi) is 5.22. The molecule has 0 spiro atoms. The van der Waals surface area contributed by atoms with Crippen LogP contribution in [-0.4, -0.2) is 29.1 Å². The van der Waals surface area contributed by atoms with Gasteiger partial charge in [0, 0.05) is 29.8 Å². The molecule has 3 heterocycles. The average Bonchev–Trinajstić information content (AvgIpc) is 2.98. The number of ether oxygens (including phenoxy) is 2. The molecule has 0 saturated carbocycles. The maximum absolute atomic E-state index is 12.4. The topological polar surface area (TPSA) is 73.3 Å². The van der Waals surface area contributed by atoms with Crippen LogP contribution in [-0.2, 0) is 11.2 Å². The van der Waals surface area contributed by atoms with Gasteiger partial charge in [-0.25, -0.2) is 4.98 Å². The summed E-state index contributed by atoms with van der Waals surface area (Å²) in [5.74, 6) is 0.947. The third-order valence-corrected chi connectivity index (χ3v) is 4.97. The minimum absolute atomic E-state index is 0.165. The maximum atomic E-state index is 12.4. The highest BCUT2D eigenvalue weighted by Crippen LogP contribution is 2.38. The van der Waals surface area contributed by atoms with Gasteiger partial charge in [-0.05, 0) is 29.8 Å². The lowest BCUT2D eigenvalue weighted by atomic mass is 10.1. The number of halogens is 1. The minimum Gasteiger partial charge on any atom is -0.489 e. The van der Waals surface area contributed by atoms with E-state index in [9.17, 15) is 4.79 Å². The van der Waals surface area contributed by atoms with E-state index in [1.54, 1.807) is 24.5 Å². The SMILES string of the molecule is O=C(Cc1cc(Cl)c2c(c1)OCCCO2)Nc1nc(-c2cccnc2)cs1. The Bertz CT molecular complexity index is 962. The number of amides is 1. The molecule has 2 aromatic heterocycles. The molecule has 1 aromatic carbocycles. The van der Waals surface area contributed by atoms with E-state index in [1.807, 2.05) is 17.5 Å². The first-order valence-corrected chi connectivity index (χ1v) is 9.68. The van der Waals surface area contributed by atoms with E-state index in [1.165, 1.54) is 11.3 Å². The Morgan fingerprint density at radius 3 is 3.04 bits per heavy atom. The number of anilines is 1. The maximum Gasteiger partial charge on any atom is 0.230 e. The number of thiazole rings is 1. The number of pyridine rings is 1. The predicted octanol–water partition coefficient (Wildman–Crippen LogP) is 4.20. The van der Waals surface area contributed by atoms with Crippen molar-refractivity contribution < 1.29 is 14.3 Å². The van der Waals surface area contributed by atoms with Crippen LogP contribution >= 0.6 is 22.9 Å². The van der Waals surface area contributed by atoms with Crippen LogP contribution in [0.1, 0.15) is 12.0 Å². The summed E-state index contributed by atoms with van der Waals surface area (Å²) in [6.45, 7) is 1.13. The molecule has 1 aliphatic rings. The molecule has 4 rings (SSSR count). The van der Waals surface area contributed by atoms with Gasteiger partial charge in [0.05, 0.1) is 30.4 Å². The van der Waals surface area contributed by atoms with Crippen molar-refractivity contribution in [2.75, 3.05) is 18.5 Å². The fourth-order valence-electron chi connectivity index (χ4n) is 2.71. The molecule has 0 bridgehead atoms. The first-order chi connectivity index (χ1) is 13.2. The standard InChI is InChI=1S/C19H16ClN3O3S/c20-14-7-12(8-16-18(14)26-6-2-5-25-16)9-17(24)23-19-22-15(11-27-19)13-3-1-4-21-10-13/h1,3-4,7-8,10-11H,2,5-6,9H2,(H,22,23,24). The first kappa shape index (κ1) is 17.8. The Balaban J connectivity index is 1.45. The predicted molar refractivity (Wildman–Crippen MR) is 105 cm³/mol. The van der Waals surface area contributed by atoms with E-state index in [-0.39, 0.29) is 12.3 Å². The van der Waals surface area contributed by atoms with Crippen molar-refractivity contribution in [1.82, 2.24) is 9.97 Å². The molecule has 1 amide bonds. The lowest BCUT2D eigenvalue weighted by Crippen LogP contribution is -2.14. The van der Waals surface area contributed by atoms with Crippen LogP contribution in [0.2, 0.25) is 5.02 Å². The highest BCUT2D eigenvalue weighted by atomic mass is 35.5. The molecular formula is C19H16ClN3O3S. The van der Waals surface area contributed by atoms with Crippen LogP contribution in [0, 0.1) is 0 Å². The van der Waals surface area contributed by atoms with Gasteiger partial charge in [0.2, 0.25) is 5.91 Å². The normalized spacial score (nSPS) is 13.1. The number of carbonyl (C=O) groups excluding carboxylic acids is 1. The van der Waals surface area contributed by atoms with Crippen molar-refractivity contribution in [3.05, 3.63) is 52.6 Å². The number of benzene rings is 1. The molecule has 0 aliphatic carbocycles. The molecule has 138 valence electrons. The molecule has 0 fully saturated rings. The molecule has 8 heteroatoms. The van der Waals surface area contributed by atoms with Crippen LogP contribution in [0.3, 0.4) is 0 Å². The van der Waals surface area contributed by atoms with Crippen LogP contribution in [0.5, 0.6) is 11.5 Å². The van der Waals surface area contributed by atoms with Crippen LogP contribution < -0.4 is 14.8 Å². The molecule has 3 aromatic rings. The van der Waals surface area contributed by atoms with Crippen LogP contribution in [0.15, 0.2) is 42.0 Å². The van der Waals surface area contributed by atoms with Gasteiger partial charge in [-0.15, -0.1) is 11.3 Å². The van der Waals surface area contributed by atoms with Crippen molar-refractivity contribution >= 4 is 34.0 Å². The molecule has 0 saturated heterocycles. The molecule has 27 heavy (non-hydrogen) atoms. The van der Waals surface area contributed by atoms with Crippen LogP contribution in [0.4, 0.5) is 5.13 Å². The van der Waals surface area contributed by atoms with E-state index >= 15 is 0 Å². The fraction of sp³-hybridized carbons (Fsp3) is 0.211. The number of hydrogen-bond donors (Lipinski definition) is 1. The average molecular weight is 402 g/mol. The van der Waals surface area contributed by atoms with Gasteiger partial charge >= 0.3 is 0 Å². The highest BCUT2D eigenvalue weighted by molar-refractivity contribution is 7.14. The molecule has 1 N–H and O–H groups in total. The van der Waals surface area contributed by atoms with E-state index in [2.05, 4.69) is 15.3 Å². The molecule has 1 aliphatic heterocycles. The number of carbonyl (C=O) groups is 1. The summed E-state index contributed by atoms with van der Waals surface area (Å²) in [5.41, 5.74) is 2.44. The monoisotopic (exact) mass is 401 g/mol. The zero-order chi connectivity index (χ0) is 18.6. The summed E-state index contributed by atoms with van der Waals surface area (Å²) in [4.78, 5) is 20.9. The third kappa shape index (κ3) is 4.20. The summed E-state index contributed by atoms with van der Waals surface area (Å²) in [7, 11) is 0. The lowest BCUT2D eigenvalue weighted by molar-refractivity contribution is -0.115. The van der Waals surface area contributed by atoms with Gasteiger partial charge in [0.15, 0.2) is 16.6 Å². The second-order valence-corrected chi connectivity index (χ2v) is 7.23. The van der Waals surface area contributed by atoms with E-state index in [4.69, 9.17) is 21.1 Å². The van der Waals surface area contributed by atoms with Gasteiger partial charge < -0.3 is 14.8 Å². The number of nitrogens with zero attached hydrogens (tertiary/aromatic N) is 2. The Labute approximate surface area is 165 Å². The van der Waals surface area contributed by atoms with E-state index < -0.39 is 0 Å². The zero-order valence-corrected chi connectivity index (χ0v) is 15.8. The molecular weight excluding hydrogens is 386 g/mol. The molecule has 0 unspecified atom stereocenters. The van der Waals surface area contributed by atoms with E-state index in [0.29, 0.717) is 34.9 Å². The number of rotatable bonds is 4.